The number of benzene rings is 1. The highest BCUT2D eigenvalue weighted by Gasteiger charge is 2.16. The maximum absolute atomic E-state index is 11.9. The van der Waals surface area contributed by atoms with Gasteiger partial charge in [-0.2, -0.15) is 0 Å². The van der Waals surface area contributed by atoms with Crippen LogP contribution in [-0.2, 0) is 0 Å². The fourth-order valence-electron chi connectivity index (χ4n) is 1.19. The van der Waals surface area contributed by atoms with E-state index in [-0.39, 0.29) is 24.2 Å². The third-order valence-corrected chi connectivity index (χ3v) is 2.49. The Hall–Kier alpha value is -0.860. The normalized spacial score (nSPS) is 12.1. The van der Waals surface area contributed by atoms with Gasteiger partial charge in [0.1, 0.15) is 0 Å². The number of hydrogen-bond acceptors (Lipinski definition) is 2. The van der Waals surface area contributed by atoms with Gasteiger partial charge in [0.15, 0.2) is 5.78 Å². The molecule has 0 amide bonds. The van der Waals surface area contributed by atoms with Crippen molar-refractivity contribution in [3.8, 4) is 0 Å². The summed E-state index contributed by atoms with van der Waals surface area (Å²) in [5.41, 5.74) is 1.97. The first-order valence-corrected chi connectivity index (χ1v) is 4.79. The molecular formula is C12H18ClNO. The van der Waals surface area contributed by atoms with Crippen molar-refractivity contribution >= 4 is 18.2 Å². The third-order valence-electron chi connectivity index (χ3n) is 2.49. The average Bonchev–Trinajstić information content (AvgIpc) is 2.16. The van der Waals surface area contributed by atoms with Gasteiger partial charge in [0.25, 0.3) is 0 Å². The molecule has 1 aromatic carbocycles. The zero-order valence-corrected chi connectivity index (χ0v) is 10.5. The van der Waals surface area contributed by atoms with Gasteiger partial charge in [-0.05, 0) is 27.9 Å². The summed E-state index contributed by atoms with van der Waals surface area (Å²) < 4.78 is 0. The van der Waals surface area contributed by atoms with Crippen molar-refractivity contribution in [3.05, 3.63) is 35.4 Å². The fraction of sp³-hybridized carbons (Fsp3) is 0.417. The van der Waals surface area contributed by atoms with E-state index < -0.39 is 0 Å². The summed E-state index contributed by atoms with van der Waals surface area (Å²) in [7, 11) is 3.83. The van der Waals surface area contributed by atoms with E-state index in [2.05, 4.69) is 0 Å². The van der Waals surface area contributed by atoms with Crippen LogP contribution in [0.15, 0.2) is 24.3 Å². The van der Waals surface area contributed by atoms with Crippen LogP contribution < -0.4 is 0 Å². The second kappa shape index (κ2) is 5.89. The molecular weight excluding hydrogens is 210 g/mol. The molecule has 1 rings (SSSR count). The molecule has 0 aliphatic rings. The van der Waals surface area contributed by atoms with Gasteiger partial charge in [0, 0.05) is 5.56 Å². The molecule has 0 radical (unpaired) electrons. The topological polar surface area (TPSA) is 20.3 Å². The Kier molecular flexibility index (Phi) is 5.55. The second-order valence-corrected chi connectivity index (χ2v) is 3.87. The largest absolute Gasteiger partial charge is 0.300 e. The first kappa shape index (κ1) is 14.1. The maximum Gasteiger partial charge on any atom is 0.179 e. The van der Waals surface area contributed by atoms with E-state index in [9.17, 15) is 4.79 Å². The molecule has 0 spiro atoms. The maximum atomic E-state index is 11.9. The lowest BCUT2D eigenvalue weighted by Gasteiger charge is -2.18. The van der Waals surface area contributed by atoms with E-state index in [1.807, 2.05) is 57.1 Å². The fourth-order valence-corrected chi connectivity index (χ4v) is 1.19. The van der Waals surface area contributed by atoms with Crippen LogP contribution in [0.3, 0.4) is 0 Å². The van der Waals surface area contributed by atoms with Gasteiger partial charge in [-0.3, -0.25) is 9.69 Å². The Labute approximate surface area is 97.7 Å². The van der Waals surface area contributed by atoms with Crippen LogP contribution in [-0.4, -0.2) is 30.8 Å². The predicted molar refractivity (Wildman–Crippen MR) is 65.9 cm³/mol. The van der Waals surface area contributed by atoms with Crippen LogP contribution in [0.25, 0.3) is 0 Å². The molecule has 1 unspecified atom stereocenters. The summed E-state index contributed by atoms with van der Waals surface area (Å²) >= 11 is 0. The van der Waals surface area contributed by atoms with Crippen molar-refractivity contribution in [3.63, 3.8) is 0 Å². The molecule has 0 aromatic heterocycles. The molecule has 2 nitrogen and oxygen atoms in total. The lowest BCUT2D eigenvalue weighted by molar-refractivity contribution is 0.0890. The Morgan fingerprint density at radius 1 is 1.20 bits per heavy atom. The number of carbonyl (C=O) groups excluding carboxylic acids is 1. The van der Waals surface area contributed by atoms with Crippen LogP contribution in [0.1, 0.15) is 22.8 Å². The van der Waals surface area contributed by atoms with Crippen molar-refractivity contribution in [1.29, 1.82) is 0 Å². The molecule has 1 aromatic rings. The van der Waals surface area contributed by atoms with Gasteiger partial charge in [-0.15, -0.1) is 12.4 Å². The number of carbonyl (C=O) groups is 1. The van der Waals surface area contributed by atoms with Gasteiger partial charge in [0.2, 0.25) is 0 Å². The van der Waals surface area contributed by atoms with Crippen LogP contribution in [0.4, 0.5) is 0 Å². The quantitative estimate of drug-likeness (QED) is 0.740. The van der Waals surface area contributed by atoms with E-state index in [0.717, 1.165) is 5.56 Å². The molecule has 0 saturated heterocycles. The lowest BCUT2D eigenvalue weighted by Crippen LogP contribution is -2.32. The van der Waals surface area contributed by atoms with Gasteiger partial charge in [-0.25, -0.2) is 0 Å². The minimum atomic E-state index is -0.0577. The molecule has 0 saturated carbocycles. The zero-order valence-electron chi connectivity index (χ0n) is 9.65. The number of aryl methyl sites for hydroxylation is 1. The first-order valence-electron chi connectivity index (χ1n) is 4.79. The SMILES string of the molecule is Cc1ccc(C(=O)C(C)N(C)C)cc1.Cl. The van der Waals surface area contributed by atoms with Crippen LogP contribution in [0.2, 0.25) is 0 Å². The standard InChI is InChI=1S/C12H17NO.ClH/c1-9-5-7-11(8-6-9)12(14)10(2)13(3)4;/h5-8,10H,1-4H3;1H. The molecule has 0 heterocycles. The van der Waals surface area contributed by atoms with E-state index in [4.69, 9.17) is 0 Å². The minimum absolute atomic E-state index is 0. The van der Waals surface area contributed by atoms with Gasteiger partial charge < -0.3 is 0 Å². The highest BCUT2D eigenvalue weighted by molar-refractivity contribution is 5.99. The zero-order chi connectivity index (χ0) is 10.7. The number of likely N-dealkylation sites (N-methyl/N-ethyl adjacent to an activating group) is 1. The Morgan fingerprint density at radius 3 is 2.07 bits per heavy atom. The first-order chi connectivity index (χ1) is 6.52. The van der Waals surface area contributed by atoms with Crippen LogP contribution in [0, 0.1) is 6.92 Å². The number of nitrogens with zero attached hydrogens (tertiary/aromatic N) is 1. The number of halogens is 1. The molecule has 0 N–H and O–H groups in total. The smallest absolute Gasteiger partial charge is 0.179 e. The van der Waals surface area contributed by atoms with Gasteiger partial charge in [0.05, 0.1) is 6.04 Å². The van der Waals surface area contributed by atoms with Crippen molar-refractivity contribution in [2.75, 3.05) is 14.1 Å². The number of rotatable bonds is 3. The highest BCUT2D eigenvalue weighted by Crippen LogP contribution is 2.08. The van der Waals surface area contributed by atoms with Crippen LogP contribution >= 0.6 is 12.4 Å². The summed E-state index contributed by atoms with van der Waals surface area (Å²) in [4.78, 5) is 13.8. The molecule has 1 atom stereocenters. The Bertz CT molecular complexity index is 319. The highest BCUT2D eigenvalue weighted by atomic mass is 35.5. The number of ketones is 1. The lowest BCUT2D eigenvalue weighted by atomic mass is 10.0. The monoisotopic (exact) mass is 227 g/mol. The molecule has 0 bridgehead atoms. The number of Topliss-reactive ketones (excluding diaryl/α,β-unsaturated/α-hetero) is 1. The Balaban J connectivity index is 0.00000196. The summed E-state index contributed by atoms with van der Waals surface area (Å²) in [6.07, 6.45) is 0. The molecule has 3 heteroatoms. The summed E-state index contributed by atoms with van der Waals surface area (Å²) in [6.45, 7) is 3.94. The summed E-state index contributed by atoms with van der Waals surface area (Å²) in [5.74, 6) is 0.176. The van der Waals surface area contributed by atoms with Crippen molar-refractivity contribution in [1.82, 2.24) is 4.90 Å². The van der Waals surface area contributed by atoms with Gasteiger partial charge >= 0.3 is 0 Å². The second-order valence-electron chi connectivity index (χ2n) is 3.87. The van der Waals surface area contributed by atoms with Gasteiger partial charge in [-0.1, -0.05) is 29.8 Å². The molecule has 84 valence electrons. The van der Waals surface area contributed by atoms with E-state index in [1.54, 1.807) is 0 Å². The third kappa shape index (κ3) is 3.65. The molecule has 0 aliphatic carbocycles. The number of hydrogen-bond donors (Lipinski definition) is 0. The minimum Gasteiger partial charge on any atom is -0.300 e. The molecule has 15 heavy (non-hydrogen) atoms. The van der Waals surface area contributed by atoms with Crippen LogP contribution in [0.5, 0.6) is 0 Å². The summed E-state index contributed by atoms with van der Waals surface area (Å²) in [6, 6.07) is 7.65. The van der Waals surface area contributed by atoms with Crippen molar-refractivity contribution in [2.24, 2.45) is 0 Å². The molecule has 0 aliphatic heterocycles. The van der Waals surface area contributed by atoms with E-state index >= 15 is 0 Å². The molecule has 0 fully saturated rings. The summed E-state index contributed by atoms with van der Waals surface area (Å²) in [5, 5.41) is 0. The Morgan fingerprint density at radius 2 is 1.67 bits per heavy atom. The van der Waals surface area contributed by atoms with Crippen molar-refractivity contribution in [2.45, 2.75) is 19.9 Å². The van der Waals surface area contributed by atoms with E-state index in [1.165, 1.54) is 5.56 Å². The predicted octanol–water partition coefficient (Wildman–Crippen LogP) is 2.55. The van der Waals surface area contributed by atoms with Crippen molar-refractivity contribution < 1.29 is 4.79 Å². The van der Waals surface area contributed by atoms with E-state index in [0.29, 0.717) is 0 Å². The average molecular weight is 228 g/mol.